The van der Waals surface area contributed by atoms with E-state index < -0.39 is 0 Å². The quantitative estimate of drug-likeness (QED) is 0.711. The van der Waals surface area contributed by atoms with Crippen LogP contribution in [-0.4, -0.2) is 35.5 Å². The van der Waals surface area contributed by atoms with Gasteiger partial charge in [0, 0.05) is 13.1 Å². The van der Waals surface area contributed by atoms with Crippen LogP contribution in [0.3, 0.4) is 0 Å². The second kappa shape index (κ2) is 4.52. The van der Waals surface area contributed by atoms with Gasteiger partial charge in [0.2, 0.25) is 6.17 Å². The Balaban J connectivity index is 2.62. The Morgan fingerprint density at radius 3 is 2.60 bits per heavy atom. The highest BCUT2D eigenvalue weighted by Gasteiger charge is 2.29. The van der Waals surface area contributed by atoms with E-state index in [4.69, 9.17) is 5.26 Å². The molecule has 0 fully saturated rings. The van der Waals surface area contributed by atoms with Gasteiger partial charge in [0.05, 0.1) is 0 Å². The summed E-state index contributed by atoms with van der Waals surface area (Å²) in [6.45, 7) is 10.3. The van der Waals surface area contributed by atoms with Gasteiger partial charge < -0.3 is 4.90 Å². The number of rotatable bonds is 3. The van der Waals surface area contributed by atoms with Gasteiger partial charge in [-0.05, 0) is 11.8 Å². The molecular weight excluding hydrogens is 188 g/mol. The van der Waals surface area contributed by atoms with E-state index in [1.54, 1.807) is 6.34 Å². The maximum absolute atomic E-state index is 9.12. The highest BCUT2D eigenvalue weighted by atomic mass is 15.6. The van der Waals surface area contributed by atoms with E-state index in [9.17, 15) is 0 Å². The molecule has 0 bridgehead atoms. The molecule has 4 heteroatoms. The van der Waals surface area contributed by atoms with Crippen LogP contribution in [0.1, 0.15) is 34.1 Å². The van der Waals surface area contributed by atoms with Crippen LogP contribution in [0.25, 0.3) is 0 Å². The van der Waals surface area contributed by atoms with Crippen molar-refractivity contribution in [2.24, 2.45) is 10.5 Å². The lowest BCUT2D eigenvalue weighted by atomic mass is 9.96. The summed E-state index contributed by atoms with van der Waals surface area (Å²) in [5.74, 6) is 0. The van der Waals surface area contributed by atoms with Crippen LogP contribution < -0.4 is 0 Å². The Labute approximate surface area is 92.2 Å². The van der Waals surface area contributed by atoms with Crippen molar-refractivity contribution < 1.29 is 0 Å². The SMILES string of the molecule is CCCN1N=CN(CC(C)(C)C)C1C#N. The van der Waals surface area contributed by atoms with Gasteiger partial charge in [-0.3, -0.25) is 5.01 Å². The van der Waals surface area contributed by atoms with Crippen LogP contribution in [0.15, 0.2) is 5.10 Å². The third kappa shape index (κ3) is 3.12. The van der Waals surface area contributed by atoms with Crippen molar-refractivity contribution in [1.29, 1.82) is 5.26 Å². The van der Waals surface area contributed by atoms with Crippen molar-refractivity contribution in [2.45, 2.75) is 40.3 Å². The lowest BCUT2D eigenvalue weighted by Gasteiger charge is -2.30. The minimum atomic E-state index is -0.218. The smallest absolute Gasteiger partial charge is 0.207 e. The molecule has 0 spiro atoms. The Morgan fingerprint density at radius 2 is 2.13 bits per heavy atom. The summed E-state index contributed by atoms with van der Waals surface area (Å²) in [5.41, 5.74) is 0.184. The van der Waals surface area contributed by atoms with Gasteiger partial charge in [-0.15, -0.1) is 0 Å². The van der Waals surface area contributed by atoms with Crippen molar-refractivity contribution in [3.8, 4) is 6.07 Å². The normalized spacial score (nSPS) is 20.9. The van der Waals surface area contributed by atoms with Gasteiger partial charge in [0.1, 0.15) is 12.4 Å². The predicted molar refractivity (Wildman–Crippen MR) is 61.1 cm³/mol. The second-order valence-corrected chi connectivity index (χ2v) is 5.13. The Morgan fingerprint density at radius 1 is 1.47 bits per heavy atom. The molecule has 0 aromatic carbocycles. The van der Waals surface area contributed by atoms with Gasteiger partial charge in [-0.25, -0.2) is 0 Å². The predicted octanol–water partition coefficient (Wildman–Crippen LogP) is 1.85. The van der Waals surface area contributed by atoms with Crippen molar-refractivity contribution >= 4 is 6.34 Å². The Bertz CT molecular complexity index is 271. The molecule has 1 unspecified atom stereocenters. The van der Waals surface area contributed by atoms with E-state index in [0.29, 0.717) is 0 Å². The first-order valence-corrected chi connectivity index (χ1v) is 5.44. The zero-order valence-electron chi connectivity index (χ0n) is 10.1. The van der Waals surface area contributed by atoms with E-state index in [-0.39, 0.29) is 11.6 Å². The molecule has 0 saturated carbocycles. The molecule has 0 radical (unpaired) electrons. The van der Waals surface area contributed by atoms with E-state index in [1.807, 2.05) is 9.91 Å². The zero-order chi connectivity index (χ0) is 11.5. The molecule has 0 saturated heterocycles. The zero-order valence-corrected chi connectivity index (χ0v) is 10.1. The number of hydrazone groups is 1. The summed E-state index contributed by atoms with van der Waals surface area (Å²) in [5, 5.41) is 15.2. The lowest BCUT2D eigenvalue weighted by molar-refractivity contribution is 0.148. The van der Waals surface area contributed by atoms with Crippen molar-refractivity contribution in [3.05, 3.63) is 0 Å². The van der Waals surface area contributed by atoms with Crippen LogP contribution in [0.4, 0.5) is 0 Å². The molecular formula is C11H20N4. The summed E-state index contributed by atoms with van der Waals surface area (Å²) in [6.07, 6.45) is 2.58. The van der Waals surface area contributed by atoms with E-state index in [2.05, 4.69) is 38.9 Å². The molecule has 0 aromatic rings. The molecule has 1 atom stereocenters. The van der Waals surface area contributed by atoms with Crippen molar-refractivity contribution in [2.75, 3.05) is 13.1 Å². The summed E-state index contributed by atoms with van der Waals surface area (Å²) < 4.78 is 0. The third-order valence-electron chi connectivity index (χ3n) is 2.17. The molecule has 1 heterocycles. The summed E-state index contributed by atoms with van der Waals surface area (Å²) in [7, 11) is 0. The van der Waals surface area contributed by atoms with Crippen LogP contribution in [0, 0.1) is 16.7 Å². The largest absolute Gasteiger partial charge is 0.327 e. The topological polar surface area (TPSA) is 42.6 Å². The molecule has 0 amide bonds. The lowest BCUT2D eigenvalue weighted by Crippen LogP contribution is -2.42. The summed E-state index contributed by atoms with van der Waals surface area (Å²) in [4.78, 5) is 2.01. The molecule has 1 aliphatic rings. The second-order valence-electron chi connectivity index (χ2n) is 5.13. The molecule has 1 rings (SSSR count). The van der Waals surface area contributed by atoms with Gasteiger partial charge >= 0.3 is 0 Å². The van der Waals surface area contributed by atoms with Crippen LogP contribution in [0.2, 0.25) is 0 Å². The average molecular weight is 208 g/mol. The van der Waals surface area contributed by atoms with Gasteiger partial charge in [-0.2, -0.15) is 10.4 Å². The summed E-state index contributed by atoms with van der Waals surface area (Å²) >= 11 is 0. The molecule has 0 aliphatic carbocycles. The van der Waals surface area contributed by atoms with Crippen LogP contribution in [-0.2, 0) is 0 Å². The van der Waals surface area contributed by atoms with E-state index in [1.165, 1.54) is 0 Å². The molecule has 1 aliphatic heterocycles. The maximum atomic E-state index is 9.12. The van der Waals surface area contributed by atoms with Gasteiger partial charge in [-0.1, -0.05) is 27.7 Å². The van der Waals surface area contributed by atoms with Gasteiger partial charge in [0.25, 0.3) is 0 Å². The monoisotopic (exact) mass is 208 g/mol. The molecule has 0 N–H and O–H groups in total. The number of hydrogen-bond donors (Lipinski definition) is 0. The fourth-order valence-electron chi connectivity index (χ4n) is 1.66. The molecule has 15 heavy (non-hydrogen) atoms. The first-order valence-electron chi connectivity index (χ1n) is 5.44. The molecule has 84 valence electrons. The van der Waals surface area contributed by atoms with Crippen molar-refractivity contribution in [1.82, 2.24) is 9.91 Å². The minimum absolute atomic E-state index is 0.184. The first kappa shape index (κ1) is 11.8. The average Bonchev–Trinajstić information content (AvgIpc) is 2.45. The fourth-order valence-corrected chi connectivity index (χ4v) is 1.66. The van der Waals surface area contributed by atoms with Crippen LogP contribution in [0.5, 0.6) is 0 Å². The van der Waals surface area contributed by atoms with E-state index in [0.717, 1.165) is 19.5 Å². The number of nitriles is 1. The Kier molecular flexibility index (Phi) is 3.57. The summed E-state index contributed by atoms with van der Waals surface area (Å²) in [6, 6.07) is 2.30. The highest BCUT2D eigenvalue weighted by Crippen LogP contribution is 2.20. The number of nitrogens with zero attached hydrogens (tertiary/aromatic N) is 4. The minimum Gasteiger partial charge on any atom is -0.327 e. The first-order chi connectivity index (χ1) is 6.98. The van der Waals surface area contributed by atoms with Crippen LogP contribution >= 0.6 is 0 Å². The highest BCUT2D eigenvalue weighted by molar-refractivity contribution is 5.58. The number of hydrogen-bond acceptors (Lipinski definition) is 4. The standard InChI is InChI=1S/C11H20N4/c1-5-6-15-10(7-12)14(9-13-15)8-11(2,3)4/h9-10H,5-6,8H2,1-4H3. The third-order valence-corrected chi connectivity index (χ3v) is 2.17. The van der Waals surface area contributed by atoms with Gasteiger partial charge in [0.15, 0.2) is 0 Å². The molecule has 0 aromatic heterocycles. The Hall–Kier alpha value is -1.24. The van der Waals surface area contributed by atoms with Crippen molar-refractivity contribution in [3.63, 3.8) is 0 Å². The molecule has 4 nitrogen and oxygen atoms in total. The maximum Gasteiger partial charge on any atom is 0.207 e. The van der Waals surface area contributed by atoms with E-state index >= 15 is 0 Å². The fraction of sp³-hybridized carbons (Fsp3) is 0.818.